The van der Waals surface area contributed by atoms with Gasteiger partial charge in [0.05, 0.1) is 0 Å². The van der Waals surface area contributed by atoms with Crippen molar-refractivity contribution in [2.24, 2.45) is 0 Å². The summed E-state index contributed by atoms with van der Waals surface area (Å²) in [5, 5.41) is 0. The van der Waals surface area contributed by atoms with E-state index in [-0.39, 0.29) is 0 Å². The topological polar surface area (TPSA) is 0 Å². The molecule has 2 aromatic rings. The summed E-state index contributed by atoms with van der Waals surface area (Å²) in [5.41, 5.74) is 6.70. The third-order valence-corrected chi connectivity index (χ3v) is 2.83. The van der Waals surface area contributed by atoms with E-state index in [1.54, 1.807) is 0 Å². The first kappa shape index (κ1) is 13.5. The number of hydrogen-bond acceptors (Lipinski definition) is 0. The molecule has 0 saturated heterocycles. The van der Waals surface area contributed by atoms with Gasteiger partial charge in [-0.3, -0.25) is 0 Å². The van der Waals surface area contributed by atoms with Crippen LogP contribution in [0.3, 0.4) is 0 Å². The minimum absolute atomic E-state index is 1.32. The Morgan fingerprint density at radius 2 is 1.24 bits per heavy atom. The maximum Gasteiger partial charge on any atom is -0.0149 e. The number of hydrogen-bond donors (Lipinski definition) is 0. The molecular formula is C17H22. The molecule has 0 aliphatic rings. The largest absolute Gasteiger partial charge is 0.0683 e. The van der Waals surface area contributed by atoms with Gasteiger partial charge in [-0.05, 0) is 43.0 Å². The average molecular weight is 226 g/mol. The molecule has 0 fully saturated rings. The summed E-state index contributed by atoms with van der Waals surface area (Å²) >= 11 is 0. The third kappa shape index (κ3) is 3.20. The van der Waals surface area contributed by atoms with Crippen molar-refractivity contribution in [3.63, 3.8) is 0 Å². The third-order valence-electron chi connectivity index (χ3n) is 2.83. The lowest BCUT2D eigenvalue weighted by Gasteiger charge is -2.09. The molecule has 0 aliphatic carbocycles. The molecule has 0 radical (unpaired) electrons. The zero-order chi connectivity index (χ0) is 12.8. The number of aryl methyl sites for hydroxylation is 3. The van der Waals surface area contributed by atoms with E-state index in [4.69, 9.17) is 0 Å². The minimum atomic E-state index is 1.32. The van der Waals surface area contributed by atoms with E-state index < -0.39 is 0 Å². The summed E-state index contributed by atoms with van der Waals surface area (Å²) in [6.45, 7) is 10.5. The normalized spacial score (nSPS) is 9.47. The van der Waals surface area contributed by atoms with Crippen LogP contribution in [-0.4, -0.2) is 0 Å². The van der Waals surface area contributed by atoms with Crippen molar-refractivity contribution in [1.29, 1.82) is 0 Å². The summed E-state index contributed by atoms with van der Waals surface area (Å²) in [7, 11) is 0. The molecule has 0 bridgehead atoms. The van der Waals surface area contributed by atoms with E-state index in [2.05, 4.69) is 63.2 Å². The molecule has 0 saturated carbocycles. The second kappa shape index (κ2) is 6.24. The van der Waals surface area contributed by atoms with Crippen molar-refractivity contribution in [1.82, 2.24) is 0 Å². The van der Waals surface area contributed by atoms with Gasteiger partial charge in [0.15, 0.2) is 0 Å². The molecule has 0 heterocycles. The van der Waals surface area contributed by atoms with E-state index in [1.807, 2.05) is 13.8 Å². The van der Waals surface area contributed by atoms with Gasteiger partial charge >= 0.3 is 0 Å². The van der Waals surface area contributed by atoms with Crippen LogP contribution in [0, 0.1) is 20.8 Å². The van der Waals surface area contributed by atoms with Gasteiger partial charge in [0.25, 0.3) is 0 Å². The van der Waals surface area contributed by atoms with E-state index >= 15 is 0 Å². The first-order chi connectivity index (χ1) is 8.18. The molecule has 17 heavy (non-hydrogen) atoms. The van der Waals surface area contributed by atoms with Gasteiger partial charge in [-0.25, -0.2) is 0 Å². The summed E-state index contributed by atoms with van der Waals surface area (Å²) < 4.78 is 0. The van der Waals surface area contributed by atoms with Crippen LogP contribution >= 0.6 is 0 Å². The van der Waals surface area contributed by atoms with Crippen LogP contribution in [0.4, 0.5) is 0 Å². The Morgan fingerprint density at radius 1 is 0.647 bits per heavy atom. The fraction of sp³-hybridized carbons (Fsp3) is 0.294. The summed E-state index contributed by atoms with van der Waals surface area (Å²) in [4.78, 5) is 0. The standard InChI is InChI=1S/C15H16.C2H6/c1-11-8-9-13(3)15(10-11)14-7-5-4-6-12(14)2;1-2/h4-10H,1-3H3;1-2H3. The van der Waals surface area contributed by atoms with Gasteiger partial charge in [0.1, 0.15) is 0 Å². The van der Waals surface area contributed by atoms with Gasteiger partial charge < -0.3 is 0 Å². The highest BCUT2D eigenvalue weighted by molar-refractivity contribution is 5.70. The molecule has 0 N–H and O–H groups in total. The van der Waals surface area contributed by atoms with Crippen molar-refractivity contribution < 1.29 is 0 Å². The molecule has 0 amide bonds. The van der Waals surface area contributed by atoms with E-state index in [9.17, 15) is 0 Å². The minimum Gasteiger partial charge on any atom is -0.0683 e. The van der Waals surface area contributed by atoms with Gasteiger partial charge in [-0.1, -0.05) is 61.9 Å². The molecule has 0 aliphatic heterocycles. The zero-order valence-corrected chi connectivity index (χ0v) is 11.5. The van der Waals surface area contributed by atoms with E-state index in [1.165, 1.54) is 27.8 Å². The SMILES string of the molecule is CC.Cc1ccc(C)c(-c2ccccc2C)c1. The summed E-state index contributed by atoms with van der Waals surface area (Å²) in [5.74, 6) is 0. The highest BCUT2D eigenvalue weighted by Gasteiger charge is 2.03. The Balaban J connectivity index is 0.000000686. The fourth-order valence-electron chi connectivity index (χ4n) is 1.90. The summed E-state index contributed by atoms with van der Waals surface area (Å²) in [6.07, 6.45) is 0. The number of rotatable bonds is 1. The molecule has 0 atom stereocenters. The molecule has 90 valence electrons. The van der Waals surface area contributed by atoms with Crippen molar-refractivity contribution in [2.75, 3.05) is 0 Å². The predicted octanol–water partition coefficient (Wildman–Crippen LogP) is 5.31. The van der Waals surface area contributed by atoms with Crippen LogP contribution in [-0.2, 0) is 0 Å². The molecule has 0 spiro atoms. The van der Waals surface area contributed by atoms with Crippen LogP contribution in [0.5, 0.6) is 0 Å². The van der Waals surface area contributed by atoms with Crippen LogP contribution in [0.1, 0.15) is 30.5 Å². The van der Waals surface area contributed by atoms with Crippen LogP contribution in [0.25, 0.3) is 11.1 Å². The lowest BCUT2D eigenvalue weighted by atomic mass is 9.95. The Kier molecular flexibility index (Phi) is 4.96. The van der Waals surface area contributed by atoms with Crippen LogP contribution < -0.4 is 0 Å². The quantitative estimate of drug-likeness (QED) is 0.618. The van der Waals surface area contributed by atoms with Gasteiger partial charge in [0, 0.05) is 0 Å². The Morgan fingerprint density at radius 3 is 1.88 bits per heavy atom. The molecule has 2 rings (SSSR count). The Bertz CT molecular complexity index is 481. The number of benzene rings is 2. The monoisotopic (exact) mass is 226 g/mol. The summed E-state index contributed by atoms with van der Waals surface area (Å²) in [6, 6.07) is 15.2. The lowest BCUT2D eigenvalue weighted by Crippen LogP contribution is -1.87. The smallest absolute Gasteiger partial charge is 0.0149 e. The molecule has 2 aromatic carbocycles. The second-order valence-corrected chi connectivity index (χ2v) is 4.13. The van der Waals surface area contributed by atoms with E-state index in [0.717, 1.165) is 0 Å². The molecule has 0 aromatic heterocycles. The van der Waals surface area contributed by atoms with Crippen molar-refractivity contribution in [3.8, 4) is 11.1 Å². The highest BCUT2D eigenvalue weighted by Crippen LogP contribution is 2.27. The molecular weight excluding hydrogens is 204 g/mol. The lowest BCUT2D eigenvalue weighted by molar-refractivity contribution is 1.37. The fourth-order valence-corrected chi connectivity index (χ4v) is 1.90. The molecule has 0 unspecified atom stereocenters. The molecule has 0 nitrogen and oxygen atoms in total. The van der Waals surface area contributed by atoms with Gasteiger partial charge in [-0.15, -0.1) is 0 Å². The maximum absolute atomic E-state index is 2.26. The van der Waals surface area contributed by atoms with Crippen molar-refractivity contribution in [3.05, 3.63) is 59.2 Å². The molecule has 0 heteroatoms. The zero-order valence-electron chi connectivity index (χ0n) is 11.5. The first-order valence-corrected chi connectivity index (χ1v) is 6.32. The Hall–Kier alpha value is -1.56. The van der Waals surface area contributed by atoms with Crippen molar-refractivity contribution in [2.45, 2.75) is 34.6 Å². The van der Waals surface area contributed by atoms with Crippen LogP contribution in [0.15, 0.2) is 42.5 Å². The average Bonchev–Trinajstić information content (AvgIpc) is 2.36. The highest BCUT2D eigenvalue weighted by atomic mass is 14.1. The van der Waals surface area contributed by atoms with Crippen molar-refractivity contribution >= 4 is 0 Å². The predicted molar refractivity (Wildman–Crippen MR) is 77.4 cm³/mol. The second-order valence-electron chi connectivity index (χ2n) is 4.13. The van der Waals surface area contributed by atoms with Crippen LogP contribution in [0.2, 0.25) is 0 Å². The first-order valence-electron chi connectivity index (χ1n) is 6.32. The van der Waals surface area contributed by atoms with E-state index in [0.29, 0.717) is 0 Å². The Labute approximate surface area is 105 Å². The van der Waals surface area contributed by atoms with Gasteiger partial charge in [-0.2, -0.15) is 0 Å². The maximum atomic E-state index is 2.26. The van der Waals surface area contributed by atoms with Gasteiger partial charge in [0.2, 0.25) is 0 Å².